The lowest BCUT2D eigenvalue weighted by Crippen LogP contribution is -2.47. The van der Waals surface area contributed by atoms with Crippen LogP contribution in [0.25, 0.3) is 0 Å². The van der Waals surface area contributed by atoms with E-state index in [0.29, 0.717) is 19.6 Å². The van der Waals surface area contributed by atoms with Crippen molar-refractivity contribution in [3.63, 3.8) is 0 Å². The molecular formula is C14H18O4. The largest absolute Gasteiger partial charge is 0.454 e. The van der Waals surface area contributed by atoms with Gasteiger partial charge in [0.05, 0.1) is 13.2 Å². The molecule has 0 aliphatic carbocycles. The Balaban J connectivity index is 2.00. The third kappa shape index (κ3) is 2.89. The number of hydrogen-bond acceptors (Lipinski definition) is 4. The molecule has 0 radical (unpaired) electrons. The standard InChI is InChI=1S/C14H18O4/c1-3-14(18-11(2)15)9-16-13(17-10-14)12-7-5-4-6-8-12/h4-8,13H,3,9-10H2,1-2H3. The van der Waals surface area contributed by atoms with E-state index in [1.165, 1.54) is 6.92 Å². The minimum atomic E-state index is -0.642. The lowest BCUT2D eigenvalue weighted by Gasteiger charge is -2.38. The van der Waals surface area contributed by atoms with Gasteiger partial charge in [0.15, 0.2) is 11.9 Å². The van der Waals surface area contributed by atoms with Crippen LogP contribution in [0.5, 0.6) is 0 Å². The van der Waals surface area contributed by atoms with Crippen molar-refractivity contribution in [1.29, 1.82) is 0 Å². The topological polar surface area (TPSA) is 44.8 Å². The number of benzene rings is 1. The summed E-state index contributed by atoms with van der Waals surface area (Å²) in [5.41, 5.74) is 0.335. The SMILES string of the molecule is CCC1(OC(C)=O)COC(c2ccccc2)OC1. The maximum absolute atomic E-state index is 11.1. The predicted octanol–water partition coefficient (Wildman–Crippen LogP) is 2.44. The fourth-order valence-corrected chi connectivity index (χ4v) is 1.99. The summed E-state index contributed by atoms with van der Waals surface area (Å²) in [6, 6.07) is 9.73. The first-order valence-electron chi connectivity index (χ1n) is 6.13. The van der Waals surface area contributed by atoms with Gasteiger partial charge < -0.3 is 14.2 Å². The van der Waals surface area contributed by atoms with Crippen LogP contribution in [0.1, 0.15) is 32.1 Å². The molecule has 1 fully saturated rings. The Morgan fingerprint density at radius 1 is 1.33 bits per heavy atom. The highest BCUT2D eigenvalue weighted by atomic mass is 16.7. The maximum Gasteiger partial charge on any atom is 0.303 e. The lowest BCUT2D eigenvalue weighted by molar-refractivity contribution is -0.264. The smallest absolute Gasteiger partial charge is 0.303 e. The van der Waals surface area contributed by atoms with Crippen LogP contribution in [0.3, 0.4) is 0 Å². The molecule has 98 valence electrons. The van der Waals surface area contributed by atoms with Gasteiger partial charge in [-0.2, -0.15) is 0 Å². The van der Waals surface area contributed by atoms with Crippen LogP contribution in [0.4, 0.5) is 0 Å². The van der Waals surface area contributed by atoms with Crippen molar-refractivity contribution in [2.24, 2.45) is 0 Å². The first-order valence-corrected chi connectivity index (χ1v) is 6.13. The van der Waals surface area contributed by atoms with Gasteiger partial charge in [0.25, 0.3) is 0 Å². The molecule has 0 atom stereocenters. The second-order valence-electron chi connectivity index (χ2n) is 4.49. The van der Waals surface area contributed by atoms with Crippen molar-refractivity contribution in [3.8, 4) is 0 Å². The Bertz CT molecular complexity index is 394. The van der Waals surface area contributed by atoms with E-state index >= 15 is 0 Å². The zero-order valence-electron chi connectivity index (χ0n) is 10.7. The summed E-state index contributed by atoms with van der Waals surface area (Å²) in [5.74, 6) is -0.304. The van der Waals surface area contributed by atoms with Gasteiger partial charge in [0, 0.05) is 12.5 Å². The molecular weight excluding hydrogens is 232 g/mol. The van der Waals surface area contributed by atoms with Crippen molar-refractivity contribution in [3.05, 3.63) is 35.9 Å². The summed E-state index contributed by atoms with van der Waals surface area (Å²) >= 11 is 0. The quantitative estimate of drug-likeness (QED) is 0.773. The van der Waals surface area contributed by atoms with Gasteiger partial charge in [-0.1, -0.05) is 37.3 Å². The summed E-state index contributed by atoms with van der Waals surface area (Å²) in [6.07, 6.45) is 0.301. The van der Waals surface area contributed by atoms with Crippen molar-refractivity contribution in [2.45, 2.75) is 32.2 Å². The number of carbonyl (C=O) groups excluding carboxylic acids is 1. The number of rotatable bonds is 3. The van der Waals surface area contributed by atoms with Gasteiger partial charge in [0.1, 0.15) is 0 Å². The van der Waals surface area contributed by atoms with Crippen molar-refractivity contribution in [2.75, 3.05) is 13.2 Å². The molecule has 1 aromatic carbocycles. The van der Waals surface area contributed by atoms with Crippen LogP contribution in [0, 0.1) is 0 Å². The van der Waals surface area contributed by atoms with E-state index in [4.69, 9.17) is 14.2 Å². The molecule has 2 rings (SSSR count). The van der Waals surface area contributed by atoms with Crippen LogP contribution in [-0.2, 0) is 19.0 Å². The second kappa shape index (κ2) is 5.50. The Labute approximate surface area is 107 Å². The molecule has 0 spiro atoms. The molecule has 0 N–H and O–H groups in total. The minimum Gasteiger partial charge on any atom is -0.454 e. The Morgan fingerprint density at radius 3 is 2.44 bits per heavy atom. The summed E-state index contributed by atoms with van der Waals surface area (Å²) in [5, 5.41) is 0. The number of hydrogen-bond donors (Lipinski definition) is 0. The average molecular weight is 250 g/mol. The molecule has 1 saturated heterocycles. The maximum atomic E-state index is 11.1. The molecule has 4 heteroatoms. The van der Waals surface area contributed by atoms with Crippen LogP contribution in [0.15, 0.2) is 30.3 Å². The molecule has 1 aliphatic rings. The summed E-state index contributed by atoms with van der Waals surface area (Å²) in [7, 11) is 0. The number of ether oxygens (including phenoxy) is 3. The molecule has 4 nitrogen and oxygen atoms in total. The van der Waals surface area contributed by atoms with E-state index in [1.807, 2.05) is 37.3 Å². The first kappa shape index (κ1) is 13.1. The Hall–Kier alpha value is -1.39. The average Bonchev–Trinajstić information content (AvgIpc) is 2.40. The molecule has 1 aromatic rings. The highest BCUT2D eigenvalue weighted by Crippen LogP contribution is 2.30. The van der Waals surface area contributed by atoms with E-state index in [2.05, 4.69) is 0 Å². The highest BCUT2D eigenvalue weighted by Gasteiger charge is 2.38. The van der Waals surface area contributed by atoms with Crippen molar-refractivity contribution < 1.29 is 19.0 Å². The fraction of sp³-hybridized carbons (Fsp3) is 0.500. The molecule has 0 saturated carbocycles. The highest BCUT2D eigenvalue weighted by molar-refractivity contribution is 5.66. The van der Waals surface area contributed by atoms with E-state index < -0.39 is 5.60 Å². The minimum absolute atomic E-state index is 0.304. The van der Waals surface area contributed by atoms with Gasteiger partial charge in [-0.25, -0.2) is 0 Å². The third-order valence-electron chi connectivity index (χ3n) is 3.07. The van der Waals surface area contributed by atoms with Crippen LogP contribution < -0.4 is 0 Å². The Kier molecular flexibility index (Phi) is 3.99. The summed E-state index contributed by atoms with van der Waals surface area (Å²) in [4.78, 5) is 11.1. The monoisotopic (exact) mass is 250 g/mol. The van der Waals surface area contributed by atoms with E-state index in [9.17, 15) is 4.79 Å². The van der Waals surface area contributed by atoms with Gasteiger partial charge in [0.2, 0.25) is 0 Å². The molecule has 0 amide bonds. The third-order valence-corrected chi connectivity index (χ3v) is 3.07. The van der Waals surface area contributed by atoms with Gasteiger partial charge in [-0.3, -0.25) is 4.79 Å². The zero-order valence-corrected chi connectivity index (χ0v) is 10.7. The van der Waals surface area contributed by atoms with Crippen LogP contribution in [-0.4, -0.2) is 24.8 Å². The first-order chi connectivity index (χ1) is 8.65. The summed E-state index contributed by atoms with van der Waals surface area (Å²) < 4.78 is 16.7. The van der Waals surface area contributed by atoms with E-state index in [0.717, 1.165) is 5.56 Å². The molecule has 1 aliphatic heterocycles. The van der Waals surface area contributed by atoms with Crippen LogP contribution in [0.2, 0.25) is 0 Å². The van der Waals surface area contributed by atoms with Crippen LogP contribution >= 0.6 is 0 Å². The van der Waals surface area contributed by atoms with E-state index in [-0.39, 0.29) is 12.3 Å². The second-order valence-corrected chi connectivity index (χ2v) is 4.49. The van der Waals surface area contributed by atoms with Gasteiger partial charge >= 0.3 is 5.97 Å². The molecule has 0 aromatic heterocycles. The molecule has 0 unspecified atom stereocenters. The predicted molar refractivity (Wildman–Crippen MR) is 65.9 cm³/mol. The van der Waals surface area contributed by atoms with Crippen molar-refractivity contribution in [1.82, 2.24) is 0 Å². The van der Waals surface area contributed by atoms with E-state index in [1.54, 1.807) is 0 Å². The lowest BCUT2D eigenvalue weighted by atomic mass is 10.0. The summed E-state index contributed by atoms with van der Waals surface area (Å²) in [6.45, 7) is 4.09. The van der Waals surface area contributed by atoms with Gasteiger partial charge in [-0.05, 0) is 6.42 Å². The number of carbonyl (C=O) groups is 1. The number of esters is 1. The molecule has 0 bridgehead atoms. The molecule has 18 heavy (non-hydrogen) atoms. The van der Waals surface area contributed by atoms with Gasteiger partial charge in [-0.15, -0.1) is 0 Å². The Morgan fingerprint density at radius 2 is 1.94 bits per heavy atom. The molecule has 1 heterocycles. The van der Waals surface area contributed by atoms with Crippen molar-refractivity contribution >= 4 is 5.97 Å². The fourth-order valence-electron chi connectivity index (χ4n) is 1.99. The normalized spacial score (nSPS) is 27.8. The zero-order chi connectivity index (χ0) is 13.0.